The van der Waals surface area contributed by atoms with E-state index in [9.17, 15) is 9.59 Å². The molecule has 3 rings (SSSR count). The van der Waals surface area contributed by atoms with Gasteiger partial charge in [0.15, 0.2) is 4.77 Å². The second kappa shape index (κ2) is 7.35. The van der Waals surface area contributed by atoms with Crippen molar-refractivity contribution in [2.45, 2.75) is 32.2 Å². The van der Waals surface area contributed by atoms with Crippen molar-refractivity contribution in [1.82, 2.24) is 14.5 Å². The van der Waals surface area contributed by atoms with Crippen LogP contribution in [0.4, 0.5) is 0 Å². The van der Waals surface area contributed by atoms with Gasteiger partial charge >= 0.3 is 0 Å². The predicted octanol–water partition coefficient (Wildman–Crippen LogP) is 3.51. The highest BCUT2D eigenvalue weighted by molar-refractivity contribution is 7.71. The second-order valence-electron chi connectivity index (χ2n) is 6.73. The van der Waals surface area contributed by atoms with Gasteiger partial charge < -0.3 is 9.88 Å². The Balaban J connectivity index is 1.91. The summed E-state index contributed by atoms with van der Waals surface area (Å²) >= 11 is 5.25. The Labute approximate surface area is 152 Å². The molecule has 0 aliphatic heterocycles. The van der Waals surface area contributed by atoms with Crippen molar-refractivity contribution < 1.29 is 4.79 Å². The number of allylic oxidation sites excluding steroid dienone is 1. The summed E-state index contributed by atoms with van der Waals surface area (Å²) in [6.07, 6.45) is 6.55. The van der Waals surface area contributed by atoms with E-state index in [2.05, 4.69) is 11.6 Å². The topological polar surface area (TPSA) is 58.1 Å². The van der Waals surface area contributed by atoms with Crippen LogP contribution >= 0.6 is 12.2 Å². The van der Waals surface area contributed by atoms with Crippen molar-refractivity contribution >= 4 is 29.0 Å². The van der Waals surface area contributed by atoms with E-state index >= 15 is 0 Å². The molecule has 0 unspecified atom stereocenters. The van der Waals surface area contributed by atoms with Crippen LogP contribution < -0.4 is 5.56 Å². The lowest BCUT2D eigenvalue weighted by Gasteiger charge is -2.21. The molecule has 1 aliphatic rings. The second-order valence-corrected chi connectivity index (χ2v) is 7.12. The summed E-state index contributed by atoms with van der Waals surface area (Å²) in [5, 5.41) is 0.519. The van der Waals surface area contributed by atoms with Crippen LogP contribution in [0.5, 0.6) is 0 Å². The van der Waals surface area contributed by atoms with E-state index in [1.54, 1.807) is 29.2 Å². The Bertz CT molecular complexity index is 922. The van der Waals surface area contributed by atoms with Crippen LogP contribution in [-0.4, -0.2) is 34.0 Å². The average Bonchev–Trinajstić information content (AvgIpc) is 3.10. The third-order valence-electron chi connectivity index (χ3n) is 4.89. The van der Waals surface area contributed by atoms with Gasteiger partial charge in [-0.3, -0.25) is 14.2 Å². The molecule has 1 fully saturated rings. The number of aromatic nitrogens is 2. The number of hydrogen-bond acceptors (Lipinski definition) is 3. The average molecular weight is 357 g/mol. The molecule has 132 valence electrons. The number of fused-ring (bicyclic) bond motifs is 1. The molecule has 1 saturated carbocycles. The number of benzene rings is 1. The predicted molar refractivity (Wildman–Crippen MR) is 103 cm³/mol. The Morgan fingerprint density at radius 2 is 2.16 bits per heavy atom. The van der Waals surface area contributed by atoms with Gasteiger partial charge in [0.05, 0.1) is 10.9 Å². The maximum Gasteiger partial charge on any atom is 0.262 e. The van der Waals surface area contributed by atoms with E-state index in [4.69, 9.17) is 12.2 Å². The summed E-state index contributed by atoms with van der Waals surface area (Å²) in [6.45, 7) is 4.79. The molecular weight excluding hydrogens is 334 g/mol. The van der Waals surface area contributed by atoms with Gasteiger partial charge in [0.2, 0.25) is 0 Å². The van der Waals surface area contributed by atoms with Crippen LogP contribution in [0.3, 0.4) is 0 Å². The molecule has 1 amide bonds. The molecule has 1 heterocycles. The number of aromatic amines is 1. The van der Waals surface area contributed by atoms with E-state index in [-0.39, 0.29) is 11.5 Å². The number of hydrogen-bond donors (Lipinski definition) is 1. The smallest absolute Gasteiger partial charge is 0.262 e. The fourth-order valence-electron chi connectivity index (χ4n) is 3.57. The molecule has 1 aliphatic carbocycles. The van der Waals surface area contributed by atoms with E-state index in [1.807, 2.05) is 7.05 Å². The first-order valence-electron chi connectivity index (χ1n) is 8.64. The number of amides is 1. The van der Waals surface area contributed by atoms with Crippen LogP contribution in [0.2, 0.25) is 0 Å². The number of H-pyrrole nitrogens is 1. The van der Waals surface area contributed by atoms with E-state index < -0.39 is 0 Å². The number of nitrogens with one attached hydrogen (secondary N) is 1. The number of carbonyl (C=O) groups is 1. The quantitative estimate of drug-likeness (QED) is 0.658. The Kier molecular flexibility index (Phi) is 5.18. The summed E-state index contributed by atoms with van der Waals surface area (Å²) in [7, 11) is 1.84. The Hall–Kier alpha value is -2.21. The molecule has 25 heavy (non-hydrogen) atoms. The van der Waals surface area contributed by atoms with Gasteiger partial charge in [0.1, 0.15) is 0 Å². The molecule has 1 N–H and O–H groups in total. The lowest BCUT2D eigenvalue weighted by atomic mass is 10.1. The standard InChI is InChI=1S/C19H23N3O2S/c1-3-10-22-18(24)15-9-8-14(11-16(15)20-19(22)25)17(23)21(2)12-13-6-4-5-7-13/h3,8-9,11,13H,1,4-7,10,12H2,2H3,(H,20,25). The SMILES string of the molecule is C=CCn1c(=S)[nH]c2cc(C(=O)N(C)CC3CCCC3)ccc2c1=O. The fraction of sp³-hybridized carbons (Fsp3) is 0.421. The molecule has 5 nitrogen and oxygen atoms in total. The van der Waals surface area contributed by atoms with Crippen molar-refractivity contribution in [2.24, 2.45) is 5.92 Å². The molecule has 1 aromatic heterocycles. The minimum absolute atomic E-state index is 0.0246. The molecular formula is C19H23N3O2S. The molecule has 2 aromatic rings. The minimum atomic E-state index is -0.169. The van der Waals surface area contributed by atoms with Crippen molar-refractivity contribution in [2.75, 3.05) is 13.6 Å². The zero-order valence-corrected chi connectivity index (χ0v) is 15.3. The van der Waals surface area contributed by atoms with Crippen molar-refractivity contribution in [1.29, 1.82) is 0 Å². The van der Waals surface area contributed by atoms with Gasteiger partial charge in [-0.15, -0.1) is 6.58 Å². The first kappa shape index (κ1) is 17.6. The molecule has 0 atom stereocenters. The molecule has 0 bridgehead atoms. The first-order chi connectivity index (χ1) is 12.0. The Morgan fingerprint density at radius 3 is 2.84 bits per heavy atom. The summed E-state index contributed by atoms with van der Waals surface area (Å²) < 4.78 is 1.79. The fourth-order valence-corrected chi connectivity index (χ4v) is 3.83. The van der Waals surface area contributed by atoms with Crippen molar-refractivity contribution in [3.05, 3.63) is 51.5 Å². The maximum atomic E-state index is 12.7. The zero-order valence-electron chi connectivity index (χ0n) is 14.5. The summed E-state index contributed by atoms with van der Waals surface area (Å²) in [4.78, 5) is 30.1. The third kappa shape index (κ3) is 3.58. The maximum absolute atomic E-state index is 12.7. The highest BCUT2D eigenvalue weighted by Gasteiger charge is 2.20. The normalized spacial score (nSPS) is 14.8. The minimum Gasteiger partial charge on any atom is -0.341 e. The number of rotatable bonds is 5. The molecule has 0 saturated heterocycles. The first-order valence-corrected chi connectivity index (χ1v) is 9.05. The van der Waals surface area contributed by atoms with E-state index in [0.717, 1.165) is 6.54 Å². The molecule has 0 spiro atoms. The summed E-state index contributed by atoms with van der Waals surface area (Å²) in [5.74, 6) is 0.578. The highest BCUT2D eigenvalue weighted by atomic mass is 32.1. The molecule has 0 radical (unpaired) electrons. The van der Waals surface area contributed by atoms with Gasteiger partial charge in [0.25, 0.3) is 11.5 Å². The van der Waals surface area contributed by atoms with Crippen LogP contribution in [0.15, 0.2) is 35.6 Å². The molecule has 1 aromatic carbocycles. The lowest BCUT2D eigenvalue weighted by molar-refractivity contribution is 0.0773. The van der Waals surface area contributed by atoms with E-state index in [0.29, 0.717) is 33.7 Å². The molecule has 6 heteroatoms. The van der Waals surface area contributed by atoms with Crippen molar-refractivity contribution in [3.63, 3.8) is 0 Å². The van der Waals surface area contributed by atoms with Gasteiger partial charge in [-0.25, -0.2) is 0 Å². The summed E-state index contributed by atoms with van der Waals surface area (Å²) in [5.41, 5.74) is 0.993. The zero-order chi connectivity index (χ0) is 18.0. The van der Waals surface area contributed by atoms with Crippen molar-refractivity contribution in [3.8, 4) is 0 Å². The van der Waals surface area contributed by atoms with Crippen LogP contribution in [0.1, 0.15) is 36.0 Å². The highest BCUT2D eigenvalue weighted by Crippen LogP contribution is 2.25. The van der Waals surface area contributed by atoms with E-state index in [1.165, 1.54) is 30.3 Å². The van der Waals surface area contributed by atoms with Gasteiger partial charge in [0, 0.05) is 25.7 Å². The van der Waals surface area contributed by atoms with Gasteiger partial charge in [-0.2, -0.15) is 0 Å². The number of nitrogens with zero attached hydrogens (tertiary/aromatic N) is 2. The summed E-state index contributed by atoms with van der Waals surface area (Å²) in [6, 6.07) is 5.13. The Morgan fingerprint density at radius 1 is 1.44 bits per heavy atom. The monoisotopic (exact) mass is 357 g/mol. The largest absolute Gasteiger partial charge is 0.341 e. The van der Waals surface area contributed by atoms with Gasteiger partial charge in [-0.1, -0.05) is 18.9 Å². The van der Waals surface area contributed by atoms with Crippen LogP contribution in [0.25, 0.3) is 10.9 Å². The third-order valence-corrected chi connectivity index (χ3v) is 5.22. The lowest BCUT2D eigenvalue weighted by Crippen LogP contribution is -2.31. The number of carbonyl (C=O) groups excluding carboxylic acids is 1. The van der Waals surface area contributed by atoms with Crippen LogP contribution in [0, 0.1) is 10.7 Å². The van der Waals surface area contributed by atoms with Gasteiger partial charge in [-0.05, 0) is 49.2 Å². The van der Waals surface area contributed by atoms with Crippen LogP contribution in [-0.2, 0) is 6.54 Å².